The smallest absolute Gasteiger partial charge is 0.220 e. The molecule has 5 nitrogen and oxygen atoms in total. The topological polar surface area (TPSA) is 50.2 Å². The van der Waals surface area contributed by atoms with Crippen LogP contribution in [0.2, 0.25) is 0 Å². The summed E-state index contributed by atoms with van der Waals surface area (Å²) in [6, 6.07) is 10.5. The summed E-state index contributed by atoms with van der Waals surface area (Å²) in [6.45, 7) is 4.50. The number of nitrogens with zero attached hydrogens (tertiary/aromatic N) is 3. The summed E-state index contributed by atoms with van der Waals surface area (Å²) in [5, 5.41) is 7.16. The maximum atomic E-state index is 11.9. The van der Waals surface area contributed by atoms with Gasteiger partial charge in [-0.2, -0.15) is 5.10 Å². The number of hydrogen-bond acceptors (Lipinski definition) is 3. The summed E-state index contributed by atoms with van der Waals surface area (Å²) < 4.78 is 1.86. The summed E-state index contributed by atoms with van der Waals surface area (Å²) >= 11 is 0. The monoisotopic (exact) mass is 312 g/mol. The van der Waals surface area contributed by atoms with E-state index in [4.69, 9.17) is 0 Å². The highest BCUT2D eigenvalue weighted by atomic mass is 16.1. The van der Waals surface area contributed by atoms with Gasteiger partial charge in [-0.05, 0) is 30.0 Å². The fraction of sp³-hybridized carbons (Fsp3) is 0.444. The molecule has 0 saturated carbocycles. The van der Waals surface area contributed by atoms with E-state index in [1.807, 2.05) is 16.9 Å². The summed E-state index contributed by atoms with van der Waals surface area (Å²) in [6.07, 6.45) is 6.17. The molecule has 1 aromatic carbocycles. The first-order chi connectivity index (χ1) is 11.3. The molecule has 2 aromatic rings. The maximum absolute atomic E-state index is 11.9. The highest BCUT2D eigenvalue weighted by Gasteiger charge is 2.15. The van der Waals surface area contributed by atoms with E-state index in [1.165, 1.54) is 11.1 Å². The second-order valence-electron chi connectivity index (χ2n) is 6.02. The average molecular weight is 312 g/mol. The number of nitrogens with one attached hydrogen (secondary N) is 1. The normalized spacial score (nSPS) is 14.4. The predicted molar refractivity (Wildman–Crippen MR) is 89.9 cm³/mol. The molecule has 3 rings (SSSR count). The van der Waals surface area contributed by atoms with E-state index >= 15 is 0 Å². The van der Waals surface area contributed by atoms with Crippen LogP contribution in [-0.2, 0) is 24.3 Å². The van der Waals surface area contributed by atoms with Crippen LogP contribution in [0.1, 0.15) is 24.0 Å². The van der Waals surface area contributed by atoms with Gasteiger partial charge in [-0.3, -0.25) is 14.4 Å². The first kappa shape index (κ1) is 15.7. The molecule has 0 radical (unpaired) electrons. The lowest BCUT2D eigenvalue weighted by molar-refractivity contribution is -0.121. The highest BCUT2D eigenvalue weighted by molar-refractivity contribution is 5.75. The van der Waals surface area contributed by atoms with Crippen molar-refractivity contribution in [3.8, 4) is 0 Å². The fourth-order valence-corrected chi connectivity index (χ4v) is 3.02. The van der Waals surface area contributed by atoms with Crippen molar-refractivity contribution in [2.24, 2.45) is 0 Å². The van der Waals surface area contributed by atoms with Crippen LogP contribution in [0.3, 0.4) is 0 Å². The summed E-state index contributed by atoms with van der Waals surface area (Å²) in [5.41, 5.74) is 2.88. The molecule has 0 atom stereocenters. The van der Waals surface area contributed by atoms with Crippen LogP contribution in [0.25, 0.3) is 0 Å². The molecule has 2 heterocycles. The Kier molecular flexibility index (Phi) is 5.42. The minimum absolute atomic E-state index is 0.134. The molecule has 1 aliphatic rings. The SMILES string of the molecule is O=C(CCCn1cccn1)NCCN1CCc2ccccc2C1. The molecule has 122 valence electrons. The molecule has 0 saturated heterocycles. The third-order valence-corrected chi connectivity index (χ3v) is 4.31. The second kappa shape index (κ2) is 7.92. The van der Waals surface area contributed by atoms with Crippen LogP contribution in [0.4, 0.5) is 0 Å². The van der Waals surface area contributed by atoms with Gasteiger partial charge in [0, 0.05) is 51.5 Å². The number of aromatic nitrogens is 2. The standard InChI is InChI=1S/C18H24N4O/c23-18(7-3-11-22-12-4-9-20-22)19-10-14-21-13-8-16-5-1-2-6-17(16)15-21/h1-2,4-6,9,12H,3,7-8,10-11,13-15H2,(H,19,23). The molecular formula is C18H24N4O. The molecule has 0 fully saturated rings. The Balaban J connectivity index is 1.31. The second-order valence-corrected chi connectivity index (χ2v) is 6.02. The van der Waals surface area contributed by atoms with Gasteiger partial charge in [0.25, 0.3) is 0 Å². The van der Waals surface area contributed by atoms with Crippen molar-refractivity contribution in [1.82, 2.24) is 20.0 Å². The predicted octanol–water partition coefficient (Wildman–Crippen LogP) is 1.84. The van der Waals surface area contributed by atoms with Gasteiger partial charge in [0.1, 0.15) is 0 Å². The zero-order valence-electron chi connectivity index (χ0n) is 13.4. The molecule has 1 aromatic heterocycles. The van der Waals surface area contributed by atoms with Crippen molar-refractivity contribution >= 4 is 5.91 Å². The molecule has 0 bridgehead atoms. The molecular weight excluding hydrogens is 288 g/mol. The Bertz CT molecular complexity index is 624. The Labute approximate surface area is 137 Å². The van der Waals surface area contributed by atoms with Gasteiger partial charge in [0.15, 0.2) is 0 Å². The van der Waals surface area contributed by atoms with E-state index in [2.05, 4.69) is 39.6 Å². The first-order valence-electron chi connectivity index (χ1n) is 8.34. The van der Waals surface area contributed by atoms with Gasteiger partial charge in [-0.25, -0.2) is 0 Å². The van der Waals surface area contributed by atoms with E-state index in [0.29, 0.717) is 6.42 Å². The van der Waals surface area contributed by atoms with Gasteiger partial charge in [0.2, 0.25) is 5.91 Å². The van der Waals surface area contributed by atoms with Gasteiger partial charge >= 0.3 is 0 Å². The van der Waals surface area contributed by atoms with Crippen molar-refractivity contribution < 1.29 is 4.79 Å². The molecule has 0 spiro atoms. The summed E-state index contributed by atoms with van der Waals surface area (Å²) in [4.78, 5) is 14.3. The Morgan fingerprint density at radius 1 is 1.17 bits per heavy atom. The first-order valence-corrected chi connectivity index (χ1v) is 8.34. The van der Waals surface area contributed by atoms with Crippen LogP contribution in [0, 0.1) is 0 Å². The third kappa shape index (κ3) is 4.66. The largest absolute Gasteiger partial charge is 0.355 e. The minimum atomic E-state index is 0.134. The fourth-order valence-electron chi connectivity index (χ4n) is 3.02. The van der Waals surface area contributed by atoms with Gasteiger partial charge in [-0.15, -0.1) is 0 Å². The minimum Gasteiger partial charge on any atom is -0.355 e. The number of hydrogen-bond donors (Lipinski definition) is 1. The van der Waals surface area contributed by atoms with E-state index in [9.17, 15) is 4.79 Å². The van der Waals surface area contributed by atoms with Crippen molar-refractivity contribution in [1.29, 1.82) is 0 Å². The van der Waals surface area contributed by atoms with Crippen molar-refractivity contribution in [3.05, 3.63) is 53.9 Å². The number of amides is 1. The Morgan fingerprint density at radius 3 is 2.87 bits per heavy atom. The lowest BCUT2D eigenvalue weighted by Crippen LogP contribution is -2.37. The molecule has 0 aliphatic carbocycles. The average Bonchev–Trinajstić information content (AvgIpc) is 3.08. The van der Waals surface area contributed by atoms with E-state index in [0.717, 1.165) is 45.6 Å². The third-order valence-electron chi connectivity index (χ3n) is 4.31. The Morgan fingerprint density at radius 2 is 2.04 bits per heavy atom. The lowest BCUT2D eigenvalue weighted by Gasteiger charge is -2.28. The van der Waals surface area contributed by atoms with Crippen LogP contribution in [-0.4, -0.2) is 40.2 Å². The van der Waals surface area contributed by atoms with Gasteiger partial charge in [-0.1, -0.05) is 24.3 Å². The molecule has 0 unspecified atom stereocenters. The summed E-state index contributed by atoms with van der Waals surface area (Å²) in [7, 11) is 0. The number of carbonyl (C=O) groups is 1. The Hall–Kier alpha value is -2.14. The zero-order chi connectivity index (χ0) is 15.9. The van der Waals surface area contributed by atoms with Crippen LogP contribution < -0.4 is 5.32 Å². The van der Waals surface area contributed by atoms with Crippen LogP contribution >= 0.6 is 0 Å². The number of carbonyl (C=O) groups excluding carboxylic acids is 1. The van der Waals surface area contributed by atoms with Crippen LogP contribution in [0.15, 0.2) is 42.7 Å². The lowest BCUT2D eigenvalue weighted by atomic mass is 10.00. The van der Waals surface area contributed by atoms with E-state index in [1.54, 1.807) is 6.20 Å². The number of benzene rings is 1. The van der Waals surface area contributed by atoms with E-state index in [-0.39, 0.29) is 5.91 Å². The number of aryl methyl sites for hydroxylation is 1. The summed E-state index contributed by atoms with van der Waals surface area (Å²) in [5.74, 6) is 0.134. The van der Waals surface area contributed by atoms with Gasteiger partial charge in [0.05, 0.1) is 0 Å². The van der Waals surface area contributed by atoms with Crippen molar-refractivity contribution in [3.63, 3.8) is 0 Å². The zero-order valence-corrected chi connectivity index (χ0v) is 13.4. The number of fused-ring (bicyclic) bond motifs is 1. The number of rotatable bonds is 7. The molecule has 5 heteroatoms. The highest BCUT2D eigenvalue weighted by Crippen LogP contribution is 2.17. The molecule has 23 heavy (non-hydrogen) atoms. The maximum Gasteiger partial charge on any atom is 0.220 e. The van der Waals surface area contributed by atoms with E-state index < -0.39 is 0 Å². The molecule has 1 N–H and O–H groups in total. The quantitative estimate of drug-likeness (QED) is 0.849. The van der Waals surface area contributed by atoms with Crippen LogP contribution in [0.5, 0.6) is 0 Å². The molecule has 1 aliphatic heterocycles. The van der Waals surface area contributed by atoms with Crippen molar-refractivity contribution in [2.75, 3.05) is 19.6 Å². The van der Waals surface area contributed by atoms with Gasteiger partial charge < -0.3 is 5.32 Å². The molecule has 1 amide bonds. The van der Waals surface area contributed by atoms with Crippen molar-refractivity contribution in [2.45, 2.75) is 32.4 Å².